The van der Waals surface area contributed by atoms with Gasteiger partial charge in [-0.2, -0.15) is 24.1 Å². The number of hydrogen-bond acceptors (Lipinski definition) is 23. The number of nitrogens with one attached hydrogen (secondary N) is 1. The molecule has 66 heavy (non-hydrogen) atoms. The van der Waals surface area contributed by atoms with Crippen molar-refractivity contribution in [3.05, 3.63) is 11.8 Å². The molecule has 0 saturated heterocycles. The van der Waals surface area contributed by atoms with E-state index < -0.39 is 93.1 Å². The minimum Gasteiger partial charge on any atom is -0.748 e. The minimum absolute atomic E-state index is 0. The van der Waals surface area contributed by atoms with Crippen molar-refractivity contribution in [3.63, 3.8) is 0 Å². The smallest absolute Gasteiger partial charge is 0.748 e. The summed E-state index contributed by atoms with van der Waals surface area (Å²) in [6.45, 7) is 0.536. The van der Waals surface area contributed by atoms with Gasteiger partial charge in [0.2, 0.25) is 5.91 Å². The second-order valence-electron chi connectivity index (χ2n) is 15.0. The van der Waals surface area contributed by atoms with Crippen LogP contribution in [0, 0.1) is 17.2 Å². The first-order valence-electron chi connectivity index (χ1n) is 19.0. The number of unbranched alkanes of at least 4 members (excludes halogenated alkanes) is 2. The maximum Gasteiger partial charge on any atom is 1.00 e. The van der Waals surface area contributed by atoms with Crippen LogP contribution in [-0.2, 0) is 53.9 Å². The summed E-state index contributed by atoms with van der Waals surface area (Å²) in [6, 6.07) is -0.655. The van der Waals surface area contributed by atoms with Crippen molar-refractivity contribution in [3.8, 4) is 6.07 Å². The van der Waals surface area contributed by atoms with Gasteiger partial charge in [0, 0.05) is 58.1 Å². The van der Waals surface area contributed by atoms with Gasteiger partial charge in [-0.15, -0.1) is 28.3 Å². The SMILES string of the molecule is N#Cc1cnn(C2C(Cl)CC(SOO[O-])CC2Cl)c1N=NC1CCC(N(CCCCS(=O)(=O)[O-])CCCCS(=O)(=O)[O-])CC1NC(=O)C1CC(SOO[O-])CC(S(=O)(=O)[O-])C1.[K+].[K+].[K+].[K+].[K+]. The minimum atomic E-state index is -4.88. The number of nitriles is 1. The molecule has 3 saturated carbocycles. The Morgan fingerprint density at radius 1 is 0.833 bits per heavy atom. The molecule has 4 rings (SSSR count). The number of hydrogen-bond donors (Lipinski definition) is 1. The third-order valence-corrected chi connectivity index (χ3v) is 16.0. The molecule has 0 bridgehead atoms. The van der Waals surface area contributed by atoms with Crippen LogP contribution in [0.1, 0.15) is 88.7 Å². The molecule has 0 radical (unpaired) electrons. The molecular formula is C31H44Cl2K5N7O16S5. The first-order valence-corrected chi connectivity index (χ1v) is 26.1. The predicted molar refractivity (Wildman–Crippen MR) is 209 cm³/mol. The van der Waals surface area contributed by atoms with Gasteiger partial charge in [-0.05, 0) is 90.1 Å². The molecule has 0 aromatic carbocycles. The zero-order valence-electron chi connectivity index (χ0n) is 37.2. The predicted octanol–water partition coefficient (Wildman–Crippen LogP) is -14.0. The van der Waals surface area contributed by atoms with Crippen LogP contribution in [0.4, 0.5) is 5.82 Å². The van der Waals surface area contributed by atoms with Crippen molar-refractivity contribution in [1.29, 1.82) is 5.26 Å². The van der Waals surface area contributed by atoms with Crippen molar-refractivity contribution in [2.75, 3.05) is 24.6 Å². The Labute approximate surface area is 616 Å². The van der Waals surface area contributed by atoms with Gasteiger partial charge in [-0.3, -0.25) is 14.9 Å². The van der Waals surface area contributed by atoms with E-state index in [-0.39, 0.29) is 350 Å². The zero-order valence-corrected chi connectivity index (χ0v) is 58.4. The van der Waals surface area contributed by atoms with Gasteiger partial charge >= 0.3 is 257 Å². The number of amides is 1. The summed E-state index contributed by atoms with van der Waals surface area (Å²) in [4.78, 5) is 16.0. The Kier molecular flexibility index (Phi) is 42.5. The quantitative estimate of drug-likeness (QED) is 0.0155. The van der Waals surface area contributed by atoms with Gasteiger partial charge in [-0.1, -0.05) is 0 Å². The number of aromatic nitrogens is 2. The number of azo groups is 1. The average Bonchev–Trinajstić information content (AvgIpc) is 3.58. The molecular weight excluding hydrogens is 1150 g/mol. The molecule has 1 aromatic heterocycles. The van der Waals surface area contributed by atoms with Gasteiger partial charge in [0.15, 0.2) is 5.82 Å². The van der Waals surface area contributed by atoms with Crippen LogP contribution in [0.15, 0.2) is 16.4 Å². The number of halogens is 2. The molecule has 1 amide bonds. The summed E-state index contributed by atoms with van der Waals surface area (Å²) in [5.41, 5.74) is 0.0246. The molecule has 3 fully saturated rings. The molecule has 8 unspecified atom stereocenters. The van der Waals surface area contributed by atoms with E-state index in [1.165, 1.54) is 10.9 Å². The Morgan fingerprint density at radius 2 is 1.36 bits per heavy atom. The largest absolute Gasteiger partial charge is 1.00 e. The fourth-order valence-corrected chi connectivity index (χ4v) is 12.9. The Balaban J connectivity index is 0. The second kappa shape index (κ2) is 37.5. The first kappa shape index (κ1) is 74.8. The molecule has 1 heterocycles. The van der Waals surface area contributed by atoms with Crippen LogP contribution in [0.3, 0.4) is 0 Å². The molecule has 0 aliphatic heterocycles. The molecule has 3 aliphatic carbocycles. The van der Waals surface area contributed by atoms with E-state index in [4.69, 9.17) is 23.2 Å². The summed E-state index contributed by atoms with van der Waals surface area (Å²) in [5, 5.41) is 50.1. The van der Waals surface area contributed by atoms with Gasteiger partial charge in [0.25, 0.3) is 0 Å². The van der Waals surface area contributed by atoms with Crippen LogP contribution < -0.4 is 273 Å². The topological polar surface area (TPSA) is 353 Å². The van der Waals surface area contributed by atoms with Crippen molar-refractivity contribution in [2.24, 2.45) is 16.1 Å². The van der Waals surface area contributed by atoms with Crippen molar-refractivity contribution < 1.29 is 330 Å². The third-order valence-electron chi connectivity index (χ3n) is 10.8. The zero-order chi connectivity index (χ0) is 45.0. The molecule has 1 N–H and O–H groups in total. The van der Waals surface area contributed by atoms with Crippen LogP contribution in [0.5, 0.6) is 0 Å². The molecule has 8 atom stereocenters. The molecule has 35 heteroatoms. The number of nitrogens with zero attached hydrogens (tertiary/aromatic N) is 6. The van der Waals surface area contributed by atoms with Crippen molar-refractivity contribution >= 4 is 89.4 Å². The number of carbonyl (C=O) groups excluding carboxylic acids is 1. The second-order valence-corrected chi connectivity index (χ2v) is 22.8. The van der Waals surface area contributed by atoms with Crippen molar-refractivity contribution in [1.82, 2.24) is 20.0 Å². The van der Waals surface area contributed by atoms with E-state index >= 15 is 0 Å². The Bertz CT molecular complexity index is 1970. The summed E-state index contributed by atoms with van der Waals surface area (Å²) in [6.07, 6.45) is 2.81. The molecule has 1 aromatic rings. The third kappa shape index (κ3) is 26.6. The van der Waals surface area contributed by atoms with E-state index in [0.29, 0.717) is 31.3 Å². The Morgan fingerprint density at radius 3 is 1.85 bits per heavy atom. The van der Waals surface area contributed by atoms with E-state index in [1.807, 2.05) is 11.0 Å². The fourth-order valence-electron chi connectivity index (χ4n) is 7.98. The van der Waals surface area contributed by atoms with E-state index in [1.54, 1.807) is 0 Å². The molecule has 3 aliphatic rings. The average molecular weight is 1200 g/mol. The fraction of sp³-hybridized carbons (Fsp3) is 0.839. The van der Waals surface area contributed by atoms with Crippen LogP contribution in [0.25, 0.3) is 0 Å². The molecule has 23 nitrogen and oxygen atoms in total. The first-order chi connectivity index (χ1) is 28.7. The monoisotopic (exact) mass is 1190 g/mol. The maximum absolute atomic E-state index is 14.0. The van der Waals surface area contributed by atoms with Crippen LogP contribution >= 0.6 is 47.3 Å². The van der Waals surface area contributed by atoms with Gasteiger partial charge < -0.3 is 34.4 Å². The summed E-state index contributed by atoms with van der Waals surface area (Å²) < 4.78 is 114. The van der Waals surface area contributed by atoms with E-state index in [2.05, 4.69) is 39.4 Å². The molecule has 348 valence electrons. The van der Waals surface area contributed by atoms with Gasteiger partial charge in [-0.25, -0.2) is 29.9 Å². The molecule has 0 spiro atoms. The van der Waals surface area contributed by atoms with Crippen molar-refractivity contribution in [2.45, 2.75) is 128 Å². The van der Waals surface area contributed by atoms with Gasteiger partial charge in [0.1, 0.15) is 11.6 Å². The summed E-state index contributed by atoms with van der Waals surface area (Å²) in [5.74, 6) is -2.87. The summed E-state index contributed by atoms with van der Waals surface area (Å²) in [7, 11) is -13.9. The maximum atomic E-state index is 14.0. The number of rotatable bonds is 23. The number of alkyl halides is 2. The van der Waals surface area contributed by atoms with E-state index in [9.17, 15) is 59.5 Å². The standard InChI is InChI=1S/C31H49Cl2N7O16S5.5K/c32-25-15-23(58-56-54-43)16-26(33)29(25)40-30(20(17-34)18-35-40)38-37-27-6-5-21(39(7-1-3-9-59(44,45)46)8-2-4-10-60(47,48)49)13-28(27)36-31(41)19-11-22(57-55-53-42)14-24(12-19)61(50,51)52;;;;;/h18-19,21-29,42-43H,1-16H2,(H,36,41)(H,44,45,46)(H,47,48,49)(H,50,51,52);;;;;/q;5*+1/p-5. The van der Waals surface area contributed by atoms with Crippen LogP contribution in [-0.4, -0.2) is 129 Å². The number of carbonyl (C=O) groups is 1. The van der Waals surface area contributed by atoms with Crippen LogP contribution in [0.2, 0.25) is 0 Å². The normalized spacial score (nSPS) is 27.0. The Hall–Kier alpha value is 6.68. The van der Waals surface area contributed by atoms with E-state index in [0.717, 1.165) is 12.0 Å². The van der Waals surface area contributed by atoms with Gasteiger partial charge in [0.05, 0.1) is 70.7 Å². The summed E-state index contributed by atoms with van der Waals surface area (Å²) >= 11 is 14.8.